The number of nitrogens with one attached hydrogen (secondary N) is 1. The molecule has 67 heavy (non-hydrogen) atoms. The lowest BCUT2D eigenvalue weighted by Gasteiger charge is -2.29. The molecule has 0 aliphatic carbocycles. The van der Waals surface area contributed by atoms with Gasteiger partial charge in [-0.1, -0.05) is 221 Å². The SMILES string of the molecule is CC/C=C\C/C=C\C/C=C\C/C=C\CCCCCCCCCCC(=O)NC(COP(=O)([O-])OCC[N+](C)(C)C)C(O)/C=C/CC/C=C/CC/C=C/CCCCCCCCCCCCCCCC. The molecule has 0 rings (SSSR count). The number of nitrogens with zero attached hydrogens (tertiary/aromatic N) is 1. The number of rotatable bonds is 49. The predicted molar refractivity (Wildman–Crippen MR) is 288 cm³/mol. The van der Waals surface area contributed by atoms with Gasteiger partial charge in [0.2, 0.25) is 5.91 Å². The van der Waals surface area contributed by atoms with E-state index < -0.39 is 26.6 Å². The number of unbranched alkanes of at least 4 members (excludes halogenated alkanes) is 24. The van der Waals surface area contributed by atoms with Crippen LogP contribution in [0.1, 0.15) is 226 Å². The van der Waals surface area contributed by atoms with Gasteiger partial charge < -0.3 is 28.8 Å². The number of phosphoric acid groups is 1. The topological polar surface area (TPSA) is 108 Å². The second-order valence-corrected chi connectivity index (χ2v) is 20.9. The van der Waals surface area contributed by atoms with Crippen LogP contribution in [0, 0.1) is 0 Å². The molecule has 0 saturated heterocycles. The summed E-state index contributed by atoms with van der Waals surface area (Å²) in [5, 5.41) is 13.8. The quantitative estimate of drug-likeness (QED) is 0.0272. The molecule has 0 heterocycles. The number of aliphatic hydroxyl groups is 1. The van der Waals surface area contributed by atoms with Crippen molar-refractivity contribution in [3.63, 3.8) is 0 Å². The molecule has 0 bridgehead atoms. The molecular formula is C58H105N2O6P. The molecule has 1 amide bonds. The molecule has 0 saturated carbocycles. The Hall–Kier alpha value is -2.32. The minimum absolute atomic E-state index is 0.0147. The molecule has 0 aromatic heterocycles. The Morgan fingerprint density at radius 3 is 1.39 bits per heavy atom. The second kappa shape index (κ2) is 48.7. The van der Waals surface area contributed by atoms with Gasteiger partial charge in [-0.2, -0.15) is 0 Å². The first-order chi connectivity index (χ1) is 32.5. The lowest BCUT2D eigenvalue weighted by molar-refractivity contribution is -0.870. The Balaban J connectivity index is 4.36. The molecule has 0 fully saturated rings. The number of hydrogen-bond acceptors (Lipinski definition) is 6. The summed E-state index contributed by atoms with van der Waals surface area (Å²) in [7, 11) is 1.22. The van der Waals surface area contributed by atoms with E-state index in [-0.39, 0.29) is 12.5 Å². The molecule has 388 valence electrons. The zero-order valence-electron chi connectivity index (χ0n) is 44.1. The third-order valence-electron chi connectivity index (χ3n) is 11.8. The number of phosphoric ester groups is 1. The molecule has 2 N–H and O–H groups in total. The number of carbonyl (C=O) groups excluding carboxylic acids is 1. The van der Waals surface area contributed by atoms with Crippen LogP contribution >= 0.6 is 7.82 Å². The highest BCUT2D eigenvalue weighted by atomic mass is 31.2. The van der Waals surface area contributed by atoms with Crippen molar-refractivity contribution < 1.29 is 32.9 Å². The molecule has 9 heteroatoms. The van der Waals surface area contributed by atoms with E-state index in [1.54, 1.807) is 6.08 Å². The fraction of sp³-hybridized carbons (Fsp3) is 0.741. The van der Waals surface area contributed by atoms with Crippen molar-refractivity contribution >= 4 is 13.7 Å². The van der Waals surface area contributed by atoms with E-state index in [0.29, 0.717) is 17.4 Å². The summed E-state index contributed by atoms with van der Waals surface area (Å²) in [6, 6.07) is -0.920. The van der Waals surface area contributed by atoms with Crippen LogP contribution in [-0.4, -0.2) is 68.5 Å². The molecule has 3 atom stereocenters. The molecule has 0 aromatic carbocycles. The maximum atomic E-state index is 12.9. The largest absolute Gasteiger partial charge is 0.756 e. The molecule has 8 nitrogen and oxygen atoms in total. The van der Waals surface area contributed by atoms with Crippen LogP contribution in [0.5, 0.6) is 0 Å². The van der Waals surface area contributed by atoms with E-state index in [1.807, 2.05) is 27.2 Å². The lowest BCUT2D eigenvalue weighted by atomic mass is 10.0. The lowest BCUT2D eigenvalue weighted by Crippen LogP contribution is -2.45. The van der Waals surface area contributed by atoms with Crippen molar-refractivity contribution in [2.45, 2.75) is 238 Å². The third kappa shape index (κ3) is 51.4. The van der Waals surface area contributed by atoms with Crippen molar-refractivity contribution in [2.75, 3.05) is 40.9 Å². The number of aliphatic hydroxyl groups excluding tert-OH is 1. The molecule has 0 aromatic rings. The number of allylic oxidation sites excluding steroid dienone is 13. The Bertz CT molecular complexity index is 1360. The van der Waals surface area contributed by atoms with Gasteiger partial charge in [-0.15, -0.1) is 0 Å². The van der Waals surface area contributed by atoms with Crippen molar-refractivity contribution in [3.8, 4) is 0 Å². The van der Waals surface area contributed by atoms with E-state index in [0.717, 1.165) is 83.5 Å². The van der Waals surface area contributed by atoms with Gasteiger partial charge in [0.25, 0.3) is 7.82 Å². The van der Waals surface area contributed by atoms with Gasteiger partial charge in [0, 0.05) is 6.42 Å². The first kappa shape index (κ1) is 64.7. The summed E-state index contributed by atoms with van der Waals surface area (Å²) in [6.45, 7) is 4.50. The molecule has 0 aliphatic heterocycles. The zero-order valence-corrected chi connectivity index (χ0v) is 45.0. The van der Waals surface area contributed by atoms with Gasteiger partial charge in [0.05, 0.1) is 39.9 Å². The van der Waals surface area contributed by atoms with E-state index in [2.05, 4.69) is 92.1 Å². The highest BCUT2D eigenvalue weighted by molar-refractivity contribution is 7.45. The number of carbonyl (C=O) groups is 1. The van der Waals surface area contributed by atoms with Gasteiger partial charge >= 0.3 is 0 Å². The fourth-order valence-corrected chi connectivity index (χ4v) is 8.25. The Labute approximate surface area is 414 Å². The average molecular weight is 957 g/mol. The van der Waals surface area contributed by atoms with Crippen LogP contribution in [0.3, 0.4) is 0 Å². The fourth-order valence-electron chi connectivity index (χ4n) is 7.53. The molecular weight excluding hydrogens is 852 g/mol. The van der Waals surface area contributed by atoms with E-state index in [9.17, 15) is 19.4 Å². The van der Waals surface area contributed by atoms with Crippen molar-refractivity contribution in [1.29, 1.82) is 0 Å². The molecule has 0 radical (unpaired) electrons. The third-order valence-corrected chi connectivity index (χ3v) is 12.8. The predicted octanol–water partition coefficient (Wildman–Crippen LogP) is 15.8. The number of hydrogen-bond donors (Lipinski definition) is 2. The average Bonchev–Trinajstić information content (AvgIpc) is 3.29. The Kier molecular flexibility index (Phi) is 47.0. The van der Waals surface area contributed by atoms with Gasteiger partial charge in [-0.05, 0) is 83.5 Å². The summed E-state index contributed by atoms with van der Waals surface area (Å²) >= 11 is 0. The normalized spacial score (nSPS) is 14.7. The zero-order chi connectivity index (χ0) is 49.2. The molecule has 3 unspecified atom stereocenters. The van der Waals surface area contributed by atoms with Crippen molar-refractivity contribution in [3.05, 3.63) is 85.1 Å². The van der Waals surface area contributed by atoms with Crippen molar-refractivity contribution in [2.24, 2.45) is 0 Å². The van der Waals surface area contributed by atoms with Gasteiger partial charge in [-0.25, -0.2) is 0 Å². The summed E-state index contributed by atoms with van der Waals surface area (Å²) in [5.74, 6) is -0.222. The molecule has 0 aliphatic rings. The summed E-state index contributed by atoms with van der Waals surface area (Å²) < 4.78 is 23.3. The summed E-state index contributed by atoms with van der Waals surface area (Å²) in [4.78, 5) is 25.5. The van der Waals surface area contributed by atoms with Crippen LogP contribution in [0.2, 0.25) is 0 Å². The monoisotopic (exact) mass is 957 g/mol. The molecule has 0 spiro atoms. The first-order valence-electron chi connectivity index (χ1n) is 27.4. The number of amides is 1. The summed E-state index contributed by atoms with van der Waals surface area (Å²) in [5.41, 5.74) is 0. The van der Waals surface area contributed by atoms with Gasteiger partial charge in [0.1, 0.15) is 13.2 Å². The van der Waals surface area contributed by atoms with Crippen LogP contribution in [-0.2, 0) is 18.4 Å². The van der Waals surface area contributed by atoms with E-state index >= 15 is 0 Å². The first-order valence-corrected chi connectivity index (χ1v) is 28.9. The minimum atomic E-state index is -4.62. The second-order valence-electron chi connectivity index (χ2n) is 19.5. The highest BCUT2D eigenvalue weighted by Crippen LogP contribution is 2.38. The maximum absolute atomic E-state index is 12.9. The maximum Gasteiger partial charge on any atom is 0.268 e. The van der Waals surface area contributed by atoms with Crippen LogP contribution < -0.4 is 10.2 Å². The van der Waals surface area contributed by atoms with Crippen LogP contribution in [0.25, 0.3) is 0 Å². The van der Waals surface area contributed by atoms with Crippen molar-refractivity contribution in [1.82, 2.24) is 5.32 Å². The Morgan fingerprint density at radius 1 is 0.537 bits per heavy atom. The standard InChI is InChI=1S/C58H105N2O6P/c1-6-8-10-12-14-16-18-20-22-24-26-28-29-30-32-33-35-37-39-41-43-45-47-49-51-57(61)56(55-66-67(63,64)65-54-53-60(3,4)5)59-58(62)52-50-48-46-44-42-40-38-36-34-31-27-25-23-21-19-17-15-13-11-9-7-2/h9,11,15,17,21,23,27,31,33,35,41,43,49,51,56-57,61H,6-8,10,12-14,16,18-20,22,24-26,28-30,32,34,36-40,42,44-48,50,52-55H2,1-5H3,(H-,59,62,63,64)/b11-9-,17-15-,23-21-,31-27-,35-33+,43-41+,51-49+. The minimum Gasteiger partial charge on any atom is -0.756 e. The number of likely N-dealkylation sites (N-methyl/N-ethyl adjacent to an activating group) is 1. The van der Waals surface area contributed by atoms with E-state index in [1.165, 1.54) is 122 Å². The van der Waals surface area contributed by atoms with E-state index in [4.69, 9.17) is 9.05 Å². The van der Waals surface area contributed by atoms with Gasteiger partial charge in [0.15, 0.2) is 0 Å². The number of quaternary nitrogens is 1. The van der Waals surface area contributed by atoms with Gasteiger partial charge in [-0.3, -0.25) is 9.36 Å². The highest BCUT2D eigenvalue weighted by Gasteiger charge is 2.23. The summed E-state index contributed by atoms with van der Waals surface area (Å²) in [6.07, 6.45) is 68.0. The Morgan fingerprint density at radius 2 is 0.925 bits per heavy atom. The van der Waals surface area contributed by atoms with Crippen LogP contribution in [0.15, 0.2) is 85.1 Å². The smallest absolute Gasteiger partial charge is 0.268 e. The van der Waals surface area contributed by atoms with Crippen LogP contribution in [0.4, 0.5) is 0 Å².